The summed E-state index contributed by atoms with van der Waals surface area (Å²) in [4.78, 5) is 2.44. The van der Waals surface area contributed by atoms with Crippen molar-refractivity contribution >= 4 is 49.8 Å². The summed E-state index contributed by atoms with van der Waals surface area (Å²) < 4.78 is 6.44. The maximum atomic E-state index is 6.44. The standard InChI is InChI=1S/C47H31NO/c1-4-17-32(18-5-1)47(33-19-6-2-7-20-33)39-27-14-12-25-37(39)45-36-24-11-10-23-35(36)42(31-40(45)47)48(34-21-8-3-9-22-34)41-28-16-30-44-46(41)38-26-13-15-29-43(38)49-44/h1-31H. The first kappa shape index (κ1) is 27.7. The van der Waals surface area contributed by atoms with Crippen molar-refractivity contribution in [1.29, 1.82) is 0 Å². The second-order valence-corrected chi connectivity index (χ2v) is 12.8. The molecule has 49 heavy (non-hydrogen) atoms. The zero-order chi connectivity index (χ0) is 32.4. The molecule has 0 amide bonds. The van der Waals surface area contributed by atoms with Crippen LogP contribution in [0.4, 0.5) is 17.1 Å². The van der Waals surface area contributed by atoms with Crippen molar-refractivity contribution in [3.05, 3.63) is 210 Å². The number of para-hydroxylation sites is 2. The lowest BCUT2D eigenvalue weighted by atomic mass is 9.67. The van der Waals surface area contributed by atoms with Crippen LogP contribution in [0.5, 0.6) is 0 Å². The second kappa shape index (κ2) is 10.8. The summed E-state index contributed by atoms with van der Waals surface area (Å²) in [5.41, 5.74) is 12.2. The van der Waals surface area contributed by atoms with Crippen molar-refractivity contribution in [1.82, 2.24) is 0 Å². The molecule has 230 valence electrons. The lowest BCUT2D eigenvalue weighted by Gasteiger charge is -2.35. The molecule has 1 heterocycles. The van der Waals surface area contributed by atoms with E-state index in [9.17, 15) is 0 Å². The molecule has 10 rings (SSSR count). The minimum Gasteiger partial charge on any atom is -0.456 e. The van der Waals surface area contributed by atoms with E-state index in [-0.39, 0.29) is 0 Å². The summed E-state index contributed by atoms with van der Waals surface area (Å²) in [6.45, 7) is 0. The minimum atomic E-state index is -0.524. The maximum Gasteiger partial charge on any atom is 0.137 e. The smallest absolute Gasteiger partial charge is 0.137 e. The number of hydrogen-bond acceptors (Lipinski definition) is 2. The van der Waals surface area contributed by atoms with Gasteiger partial charge in [-0.15, -0.1) is 0 Å². The van der Waals surface area contributed by atoms with Crippen LogP contribution in [0.3, 0.4) is 0 Å². The average molecular weight is 626 g/mol. The molecule has 8 aromatic carbocycles. The Hall–Kier alpha value is -6.38. The third kappa shape index (κ3) is 3.95. The first-order valence-corrected chi connectivity index (χ1v) is 16.9. The van der Waals surface area contributed by atoms with E-state index in [4.69, 9.17) is 4.42 Å². The molecule has 0 aliphatic heterocycles. The van der Waals surface area contributed by atoms with Crippen molar-refractivity contribution in [2.75, 3.05) is 4.90 Å². The summed E-state index contributed by atoms with van der Waals surface area (Å²) in [7, 11) is 0. The Morgan fingerprint density at radius 1 is 0.408 bits per heavy atom. The predicted octanol–water partition coefficient (Wildman–Crippen LogP) is 12.6. The molecule has 2 heteroatoms. The zero-order valence-electron chi connectivity index (χ0n) is 26.8. The molecule has 0 atom stereocenters. The first-order chi connectivity index (χ1) is 24.3. The Morgan fingerprint density at radius 2 is 0.980 bits per heavy atom. The molecule has 0 bridgehead atoms. The highest BCUT2D eigenvalue weighted by molar-refractivity contribution is 6.16. The second-order valence-electron chi connectivity index (χ2n) is 12.8. The monoisotopic (exact) mass is 625 g/mol. The minimum absolute atomic E-state index is 0.524. The number of furan rings is 1. The van der Waals surface area contributed by atoms with Crippen LogP contribution in [0.25, 0.3) is 43.8 Å². The Morgan fingerprint density at radius 3 is 1.71 bits per heavy atom. The van der Waals surface area contributed by atoms with Gasteiger partial charge in [-0.1, -0.05) is 152 Å². The van der Waals surface area contributed by atoms with Gasteiger partial charge in [-0.2, -0.15) is 0 Å². The largest absolute Gasteiger partial charge is 0.456 e. The topological polar surface area (TPSA) is 16.4 Å². The van der Waals surface area contributed by atoms with Crippen molar-refractivity contribution in [2.45, 2.75) is 5.41 Å². The van der Waals surface area contributed by atoms with Crippen molar-refractivity contribution in [3.63, 3.8) is 0 Å². The van der Waals surface area contributed by atoms with Gasteiger partial charge in [0.1, 0.15) is 11.2 Å². The number of benzene rings is 8. The highest BCUT2D eigenvalue weighted by Crippen LogP contribution is 2.60. The summed E-state index contributed by atoms with van der Waals surface area (Å²) in [6.07, 6.45) is 0. The molecule has 9 aromatic rings. The highest BCUT2D eigenvalue weighted by Gasteiger charge is 2.47. The fraction of sp³-hybridized carbons (Fsp3) is 0.0213. The van der Waals surface area contributed by atoms with Gasteiger partial charge in [0.05, 0.1) is 22.2 Å². The SMILES string of the molecule is c1ccc(N(c2cc3c(c4ccccc24)-c2ccccc2C3(c2ccccc2)c2ccccc2)c2cccc3oc4ccccc4c23)cc1. The molecule has 1 aliphatic carbocycles. The lowest BCUT2D eigenvalue weighted by Crippen LogP contribution is -2.28. The van der Waals surface area contributed by atoms with Gasteiger partial charge < -0.3 is 9.32 Å². The van der Waals surface area contributed by atoms with Gasteiger partial charge in [0, 0.05) is 16.5 Å². The van der Waals surface area contributed by atoms with Gasteiger partial charge >= 0.3 is 0 Å². The van der Waals surface area contributed by atoms with Crippen molar-refractivity contribution in [3.8, 4) is 11.1 Å². The molecule has 0 spiro atoms. The molecule has 0 N–H and O–H groups in total. The van der Waals surface area contributed by atoms with Gasteiger partial charge in [-0.3, -0.25) is 0 Å². The van der Waals surface area contributed by atoms with Gasteiger partial charge in [0.25, 0.3) is 0 Å². The Bertz CT molecular complexity index is 2620. The van der Waals surface area contributed by atoms with Crippen LogP contribution in [-0.4, -0.2) is 0 Å². The summed E-state index contributed by atoms with van der Waals surface area (Å²) >= 11 is 0. The maximum absolute atomic E-state index is 6.44. The van der Waals surface area contributed by atoms with E-state index in [0.29, 0.717) is 0 Å². The number of rotatable bonds is 5. The normalized spacial score (nSPS) is 13.1. The molecular weight excluding hydrogens is 595 g/mol. The van der Waals surface area contributed by atoms with E-state index in [1.165, 1.54) is 44.2 Å². The molecule has 1 aromatic heterocycles. The summed E-state index contributed by atoms with van der Waals surface area (Å²) in [5, 5.41) is 4.64. The zero-order valence-corrected chi connectivity index (χ0v) is 26.8. The number of hydrogen-bond donors (Lipinski definition) is 0. The Kier molecular flexibility index (Phi) is 6.13. The number of anilines is 3. The van der Waals surface area contributed by atoms with Crippen LogP contribution in [0, 0.1) is 0 Å². The van der Waals surface area contributed by atoms with Gasteiger partial charge in [0.15, 0.2) is 0 Å². The summed E-state index contributed by atoms with van der Waals surface area (Å²) in [5.74, 6) is 0. The Balaban J connectivity index is 1.38. The quantitative estimate of drug-likeness (QED) is 0.189. The molecule has 0 saturated heterocycles. The summed E-state index contributed by atoms with van der Waals surface area (Å²) in [6, 6.07) is 68.0. The van der Waals surface area contributed by atoms with E-state index in [1.54, 1.807) is 0 Å². The van der Waals surface area contributed by atoms with Crippen LogP contribution >= 0.6 is 0 Å². The average Bonchev–Trinajstić information content (AvgIpc) is 3.71. The van der Waals surface area contributed by atoms with E-state index in [2.05, 4.69) is 187 Å². The van der Waals surface area contributed by atoms with Crippen LogP contribution in [-0.2, 0) is 5.41 Å². The molecule has 2 nitrogen and oxygen atoms in total. The lowest BCUT2D eigenvalue weighted by molar-refractivity contribution is 0.669. The molecule has 1 aliphatic rings. The predicted molar refractivity (Wildman–Crippen MR) is 203 cm³/mol. The van der Waals surface area contributed by atoms with Crippen LogP contribution in [0.1, 0.15) is 22.3 Å². The fourth-order valence-corrected chi connectivity index (χ4v) is 8.39. The molecule has 0 fully saturated rings. The molecule has 0 unspecified atom stereocenters. The van der Waals surface area contributed by atoms with E-state index in [0.717, 1.165) is 39.0 Å². The first-order valence-electron chi connectivity index (χ1n) is 16.9. The highest BCUT2D eigenvalue weighted by atomic mass is 16.3. The third-order valence-electron chi connectivity index (χ3n) is 10.3. The Labute approximate surface area is 285 Å². The van der Waals surface area contributed by atoms with E-state index < -0.39 is 5.41 Å². The third-order valence-corrected chi connectivity index (χ3v) is 10.3. The fourth-order valence-electron chi connectivity index (χ4n) is 8.39. The van der Waals surface area contributed by atoms with Crippen LogP contribution < -0.4 is 4.90 Å². The molecule has 0 radical (unpaired) electrons. The van der Waals surface area contributed by atoms with Gasteiger partial charge in [0.2, 0.25) is 0 Å². The van der Waals surface area contributed by atoms with Gasteiger partial charge in [-0.05, 0) is 75.2 Å². The van der Waals surface area contributed by atoms with Gasteiger partial charge in [-0.25, -0.2) is 0 Å². The van der Waals surface area contributed by atoms with Crippen LogP contribution in [0.2, 0.25) is 0 Å². The number of nitrogens with zero attached hydrogens (tertiary/aromatic N) is 1. The number of fused-ring (bicyclic) bond motifs is 8. The van der Waals surface area contributed by atoms with Crippen molar-refractivity contribution < 1.29 is 4.42 Å². The van der Waals surface area contributed by atoms with E-state index in [1.807, 2.05) is 6.07 Å². The van der Waals surface area contributed by atoms with Crippen LogP contribution in [0.15, 0.2) is 192 Å². The molecule has 0 saturated carbocycles. The van der Waals surface area contributed by atoms with E-state index >= 15 is 0 Å². The molecular formula is C47H31NO. The van der Waals surface area contributed by atoms with Crippen molar-refractivity contribution in [2.24, 2.45) is 0 Å².